The van der Waals surface area contributed by atoms with Gasteiger partial charge in [-0.2, -0.15) is 0 Å². The summed E-state index contributed by atoms with van der Waals surface area (Å²) in [7, 11) is 1.60. The number of pyridine rings is 1. The van der Waals surface area contributed by atoms with Crippen LogP contribution in [-0.2, 0) is 11.4 Å². The van der Waals surface area contributed by atoms with Crippen molar-refractivity contribution >= 4 is 23.2 Å². The van der Waals surface area contributed by atoms with E-state index in [2.05, 4.69) is 10.3 Å². The molecule has 2 aromatic rings. The Morgan fingerprint density at radius 3 is 2.62 bits per heavy atom. The molecule has 1 aliphatic rings. The average molecular weight is 371 g/mol. The second-order valence-corrected chi connectivity index (χ2v) is 6.50. The number of methoxy groups -OCH3 is 1. The summed E-state index contributed by atoms with van der Waals surface area (Å²) >= 11 is 5.29. The first-order valence-corrected chi connectivity index (χ1v) is 8.75. The minimum absolute atomic E-state index is 0.0283. The molecular formula is C19H21N3O3S. The van der Waals surface area contributed by atoms with Gasteiger partial charge in [0.05, 0.1) is 13.2 Å². The van der Waals surface area contributed by atoms with Crippen molar-refractivity contribution in [3.63, 3.8) is 0 Å². The fourth-order valence-corrected chi connectivity index (χ4v) is 3.27. The third kappa shape index (κ3) is 3.62. The largest absolute Gasteiger partial charge is 0.493 e. The molecule has 2 atom stereocenters. The zero-order valence-electron chi connectivity index (χ0n) is 14.9. The number of hydrogen-bond acceptors (Lipinski definition) is 5. The molecule has 26 heavy (non-hydrogen) atoms. The van der Waals surface area contributed by atoms with Gasteiger partial charge in [0.2, 0.25) is 0 Å². The minimum atomic E-state index is -0.296. The standard InChI is InChI=1S/C19H21N3O3S/c1-12-18(23)22(19(26)21-12)13(2)15-4-5-16(17(10-15)24-3)25-11-14-6-8-20-9-7-14/h4-10,12-13H,11H2,1-3H3,(H,21,26)/t12-,13-/m1/s1. The molecule has 136 valence electrons. The predicted molar refractivity (Wildman–Crippen MR) is 102 cm³/mol. The molecule has 1 saturated heterocycles. The van der Waals surface area contributed by atoms with E-state index in [9.17, 15) is 4.79 Å². The molecular weight excluding hydrogens is 350 g/mol. The Bertz CT molecular complexity index is 813. The van der Waals surface area contributed by atoms with Gasteiger partial charge in [0.15, 0.2) is 16.6 Å². The summed E-state index contributed by atoms with van der Waals surface area (Å²) in [6, 6.07) is 8.96. The second kappa shape index (κ2) is 7.70. The quantitative estimate of drug-likeness (QED) is 0.788. The van der Waals surface area contributed by atoms with Crippen LogP contribution in [0.15, 0.2) is 42.7 Å². The summed E-state index contributed by atoms with van der Waals surface area (Å²) in [5.74, 6) is 1.23. The number of ether oxygens (including phenoxy) is 2. The van der Waals surface area contributed by atoms with E-state index in [0.29, 0.717) is 23.2 Å². The van der Waals surface area contributed by atoms with Crippen LogP contribution in [0, 0.1) is 0 Å². The second-order valence-electron chi connectivity index (χ2n) is 6.11. The number of hydrogen-bond donors (Lipinski definition) is 1. The van der Waals surface area contributed by atoms with Crippen molar-refractivity contribution < 1.29 is 14.3 Å². The van der Waals surface area contributed by atoms with E-state index < -0.39 is 0 Å². The number of nitrogens with zero attached hydrogens (tertiary/aromatic N) is 2. The lowest BCUT2D eigenvalue weighted by molar-refractivity contribution is -0.128. The van der Waals surface area contributed by atoms with Crippen molar-refractivity contribution in [3.8, 4) is 11.5 Å². The van der Waals surface area contributed by atoms with E-state index in [0.717, 1.165) is 11.1 Å². The molecule has 1 aliphatic heterocycles. The lowest BCUT2D eigenvalue weighted by Gasteiger charge is -2.24. The number of benzene rings is 1. The van der Waals surface area contributed by atoms with E-state index in [4.69, 9.17) is 21.7 Å². The summed E-state index contributed by atoms with van der Waals surface area (Å²) in [4.78, 5) is 17.9. The van der Waals surface area contributed by atoms with Gasteiger partial charge in [-0.05, 0) is 61.5 Å². The highest BCUT2D eigenvalue weighted by atomic mass is 32.1. The van der Waals surface area contributed by atoms with Crippen molar-refractivity contribution in [1.29, 1.82) is 0 Å². The van der Waals surface area contributed by atoms with E-state index in [-0.39, 0.29) is 18.0 Å². The first-order valence-electron chi connectivity index (χ1n) is 8.34. The molecule has 0 spiro atoms. The molecule has 1 aromatic carbocycles. The zero-order valence-corrected chi connectivity index (χ0v) is 15.7. The number of thiocarbonyl (C=S) groups is 1. The van der Waals surface area contributed by atoms with Gasteiger partial charge in [-0.3, -0.25) is 14.7 Å². The molecule has 7 heteroatoms. The van der Waals surface area contributed by atoms with Crippen molar-refractivity contribution in [2.24, 2.45) is 0 Å². The Morgan fingerprint density at radius 1 is 1.27 bits per heavy atom. The van der Waals surface area contributed by atoms with Crippen LogP contribution < -0.4 is 14.8 Å². The van der Waals surface area contributed by atoms with Gasteiger partial charge in [0, 0.05) is 12.4 Å². The first-order chi connectivity index (χ1) is 12.5. The maximum atomic E-state index is 12.3. The topological polar surface area (TPSA) is 63.7 Å². The Kier molecular flexibility index (Phi) is 5.37. The van der Waals surface area contributed by atoms with Crippen molar-refractivity contribution in [1.82, 2.24) is 15.2 Å². The fraction of sp³-hybridized carbons (Fsp3) is 0.316. The van der Waals surface area contributed by atoms with E-state index in [1.165, 1.54) is 0 Å². The third-order valence-corrected chi connectivity index (χ3v) is 4.68. The van der Waals surface area contributed by atoms with E-state index >= 15 is 0 Å². The molecule has 0 aliphatic carbocycles. The van der Waals surface area contributed by atoms with Crippen LogP contribution in [0.4, 0.5) is 0 Å². The molecule has 3 rings (SSSR count). The number of nitrogens with one attached hydrogen (secondary N) is 1. The van der Waals surface area contributed by atoms with Gasteiger partial charge in [-0.25, -0.2) is 0 Å². The molecule has 1 aromatic heterocycles. The number of aromatic nitrogens is 1. The monoisotopic (exact) mass is 371 g/mol. The van der Waals surface area contributed by atoms with Crippen LogP contribution in [-0.4, -0.2) is 34.1 Å². The average Bonchev–Trinajstić information content (AvgIpc) is 2.92. The van der Waals surface area contributed by atoms with Crippen LogP contribution in [0.1, 0.15) is 31.0 Å². The maximum Gasteiger partial charge on any atom is 0.251 e. The fourth-order valence-electron chi connectivity index (χ4n) is 2.84. The SMILES string of the molecule is COc1cc([C@@H](C)N2C(=O)[C@@H](C)NC2=S)ccc1OCc1ccncc1. The molecule has 1 N–H and O–H groups in total. The van der Waals surface area contributed by atoms with Crippen LogP contribution in [0.5, 0.6) is 11.5 Å². The summed E-state index contributed by atoms with van der Waals surface area (Å²) in [5, 5.41) is 3.44. The maximum absolute atomic E-state index is 12.3. The predicted octanol–water partition coefficient (Wildman–Crippen LogP) is 2.84. The Hall–Kier alpha value is -2.67. The number of carbonyl (C=O) groups excluding carboxylic acids is 1. The van der Waals surface area contributed by atoms with Gasteiger partial charge in [-0.1, -0.05) is 6.07 Å². The third-order valence-electron chi connectivity index (χ3n) is 4.37. The van der Waals surface area contributed by atoms with Crippen LogP contribution in [0.25, 0.3) is 0 Å². The van der Waals surface area contributed by atoms with Crippen molar-refractivity contribution in [2.45, 2.75) is 32.5 Å². The minimum Gasteiger partial charge on any atom is -0.493 e. The Labute approximate surface area is 158 Å². The van der Waals surface area contributed by atoms with Gasteiger partial charge in [0.1, 0.15) is 12.6 Å². The first kappa shape index (κ1) is 18.1. The molecule has 6 nitrogen and oxygen atoms in total. The lowest BCUT2D eigenvalue weighted by Crippen LogP contribution is -2.33. The van der Waals surface area contributed by atoms with Gasteiger partial charge < -0.3 is 14.8 Å². The molecule has 0 unspecified atom stereocenters. The molecule has 2 heterocycles. The molecule has 0 radical (unpaired) electrons. The molecule has 1 fully saturated rings. The van der Waals surface area contributed by atoms with Crippen molar-refractivity contribution in [3.05, 3.63) is 53.9 Å². The number of amides is 1. The highest BCUT2D eigenvalue weighted by Crippen LogP contribution is 2.33. The highest BCUT2D eigenvalue weighted by molar-refractivity contribution is 7.80. The lowest BCUT2D eigenvalue weighted by atomic mass is 10.1. The normalized spacial score (nSPS) is 17.8. The Balaban J connectivity index is 1.78. The summed E-state index contributed by atoms with van der Waals surface area (Å²) in [6.45, 7) is 4.16. The van der Waals surface area contributed by atoms with Crippen LogP contribution >= 0.6 is 12.2 Å². The van der Waals surface area contributed by atoms with Gasteiger partial charge in [-0.15, -0.1) is 0 Å². The van der Waals surface area contributed by atoms with Gasteiger partial charge in [0.25, 0.3) is 5.91 Å². The zero-order chi connectivity index (χ0) is 18.7. The number of rotatable bonds is 6. The highest BCUT2D eigenvalue weighted by Gasteiger charge is 2.36. The molecule has 0 saturated carbocycles. The number of carbonyl (C=O) groups is 1. The summed E-state index contributed by atoms with van der Waals surface area (Å²) in [6.07, 6.45) is 3.46. The molecule has 1 amide bonds. The van der Waals surface area contributed by atoms with Gasteiger partial charge >= 0.3 is 0 Å². The smallest absolute Gasteiger partial charge is 0.251 e. The van der Waals surface area contributed by atoms with E-state index in [1.807, 2.05) is 37.3 Å². The molecule has 0 bridgehead atoms. The van der Waals surface area contributed by atoms with Crippen LogP contribution in [0.3, 0.4) is 0 Å². The van der Waals surface area contributed by atoms with Crippen molar-refractivity contribution in [2.75, 3.05) is 7.11 Å². The van der Waals surface area contributed by atoms with Crippen LogP contribution in [0.2, 0.25) is 0 Å². The van der Waals surface area contributed by atoms with E-state index in [1.54, 1.807) is 31.3 Å². The summed E-state index contributed by atoms with van der Waals surface area (Å²) < 4.78 is 11.3. The Morgan fingerprint density at radius 2 is 2.00 bits per heavy atom. The summed E-state index contributed by atoms with van der Waals surface area (Å²) in [5.41, 5.74) is 1.94.